The number of fused-ring (bicyclic) bond motifs is 1. The van der Waals surface area contributed by atoms with Crippen LogP contribution in [0.25, 0.3) is 0 Å². The molecule has 0 saturated carbocycles. The Balaban J connectivity index is 1.51. The van der Waals surface area contributed by atoms with E-state index >= 15 is 0 Å². The summed E-state index contributed by atoms with van der Waals surface area (Å²) in [6, 6.07) is 3.82. The van der Waals surface area contributed by atoms with Crippen molar-refractivity contribution in [1.82, 2.24) is 24.8 Å². The van der Waals surface area contributed by atoms with E-state index < -0.39 is 0 Å². The second-order valence-corrected chi connectivity index (χ2v) is 6.55. The fraction of sp³-hybridized carbons (Fsp3) is 0.389. The van der Waals surface area contributed by atoms with Crippen molar-refractivity contribution in [2.45, 2.75) is 38.4 Å². The molecule has 0 bridgehead atoms. The van der Waals surface area contributed by atoms with Gasteiger partial charge in [-0.15, -0.1) is 0 Å². The normalized spacial score (nSPS) is 22.4. The minimum Gasteiger partial charge on any atom is -0.333 e. The summed E-state index contributed by atoms with van der Waals surface area (Å²) >= 11 is 0. The van der Waals surface area contributed by atoms with Crippen LogP contribution in [0.3, 0.4) is 0 Å². The molecule has 2 saturated heterocycles. The number of aryl methyl sites for hydroxylation is 1. The predicted octanol–water partition coefficient (Wildman–Crippen LogP) is 1.20. The first-order valence-corrected chi connectivity index (χ1v) is 8.41. The van der Waals surface area contributed by atoms with Crippen molar-refractivity contribution in [3.63, 3.8) is 0 Å². The van der Waals surface area contributed by atoms with Crippen LogP contribution in [-0.4, -0.2) is 55.2 Å². The third kappa shape index (κ3) is 2.86. The van der Waals surface area contributed by atoms with Crippen LogP contribution in [-0.2, 0) is 11.3 Å². The summed E-state index contributed by atoms with van der Waals surface area (Å²) in [5.41, 5.74) is 2.12. The maximum atomic E-state index is 12.8. The summed E-state index contributed by atoms with van der Waals surface area (Å²) in [4.78, 5) is 41.3. The van der Waals surface area contributed by atoms with Gasteiger partial charge in [0.15, 0.2) is 0 Å². The van der Waals surface area contributed by atoms with Crippen LogP contribution in [0.4, 0.5) is 0 Å². The summed E-state index contributed by atoms with van der Waals surface area (Å²) in [6.07, 6.45) is 7.76. The zero-order valence-electron chi connectivity index (χ0n) is 14.0. The van der Waals surface area contributed by atoms with Gasteiger partial charge in [-0.05, 0) is 25.0 Å². The van der Waals surface area contributed by atoms with Crippen LogP contribution in [0.15, 0.2) is 36.9 Å². The van der Waals surface area contributed by atoms with Gasteiger partial charge in [0.2, 0.25) is 5.91 Å². The van der Waals surface area contributed by atoms with Gasteiger partial charge in [0.05, 0.1) is 24.0 Å². The van der Waals surface area contributed by atoms with Crippen molar-refractivity contribution in [3.8, 4) is 0 Å². The van der Waals surface area contributed by atoms with E-state index in [-0.39, 0.29) is 23.9 Å². The zero-order valence-corrected chi connectivity index (χ0v) is 14.0. The van der Waals surface area contributed by atoms with Crippen molar-refractivity contribution in [2.24, 2.45) is 0 Å². The van der Waals surface area contributed by atoms with E-state index in [0.717, 1.165) is 17.7 Å². The molecule has 7 nitrogen and oxygen atoms in total. The number of hydrogen-bond donors (Lipinski definition) is 0. The smallest absolute Gasteiger partial charge is 0.274 e. The molecule has 0 radical (unpaired) electrons. The number of nitrogens with zero attached hydrogens (tertiary/aromatic N) is 5. The molecule has 0 aliphatic carbocycles. The van der Waals surface area contributed by atoms with Crippen molar-refractivity contribution in [2.75, 3.05) is 6.54 Å². The van der Waals surface area contributed by atoms with Gasteiger partial charge in [-0.3, -0.25) is 19.6 Å². The molecule has 25 heavy (non-hydrogen) atoms. The number of rotatable bonds is 3. The largest absolute Gasteiger partial charge is 0.333 e. The standard InChI is InChI=1S/C18H19N5O2/c1-12-8-21-14(10-20-12)18(25)22-6-4-15-16(22)7-17(24)23(15)11-13-3-2-5-19-9-13/h2-3,5,8-10,15-16H,4,6-7,11H2,1H3/t15-,16+/m1/s1. The minimum atomic E-state index is -0.143. The van der Waals surface area contributed by atoms with Crippen LogP contribution in [0.1, 0.15) is 34.6 Å². The third-order valence-corrected chi connectivity index (χ3v) is 4.95. The van der Waals surface area contributed by atoms with Gasteiger partial charge < -0.3 is 9.80 Å². The SMILES string of the molecule is Cc1cnc(C(=O)N2CC[C@@H]3[C@@H]2CC(=O)N3Cc2cccnc2)cn1. The van der Waals surface area contributed by atoms with Gasteiger partial charge in [0.1, 0.15) is 5.69 Å². The fourth-order valence-corrected chi connectivity index (χ4v) is 3.72. The molecule has 2 aromatic rings. The summed E-state index contributed by atoms with van der Waals surface area (Å²) in [7, 11) is 0. The maximum absolute atomic E-state index is 12.8. The lowest BCUT2D eigenvalue weighted by atomic mass is 10.1. The molecule has 2 atom stereocenters. The molecule has 4 heterocycles. The number of pyridine rings is 1. The second kappa shape index (κ2) is 6.23. The molecular weight excluding hydrogens is 318 g/mol. The van der Waals surface area contributed by atoms with E-state index in [1.807, 2.05) is 24.0 Å². The summed E-state index contributed by atoms with van der Waals surface area (Å²) in [5, 5.41) is 0. The number of carbonyl (C=O) groups excluding carboxylic acids is 2. The first-order chi connectivity index (χ1) is 12.1. The Kier molecular flexibility index (Phi) is 3.91. The molecule has 128 valence electrons. The summed E-state index contributed by atoms with van der Waals surface area (Å²) in [5.74, 6) is -0.0534. The molecule has 2 aliphatic heterocycles. The lowest BCUT2D eigenvalue weighted by Crippen LogP contribution is -2.40. The predicted molar refractivity (Wildman–Crippen MR) is 89.4 cm³/mol. The number of aromatic nitrogens is 3. The van der Waals surface area contributed by atoms with Crippen LogP contribution in [0, 0.1) is 6.92 Å². The Morgan fingerprint density at radius 2 is 2.12 bits per heavy atom. The van der Waals surface area contributed by atoms with Gasteiger partial charge in [-0.1, -0.05) is 6.07 Å². The highest BCUT2D eigenvalue weighted by Gasteiger charge is 2.48. The highest BCUT2D eigenvalue weighted by Crippen LogP contribution is 2.34. The van der Waals surface area contributed by atoms with E-state index in [1.54, 1.807) is 23.5 Å². The molecular formula is C18H19N5O2. The topological polar surface area (TPSA) is 79.3 Å². The van der Waals surface area contributed by atoms with E-state index in [0.29, 0.717) is 25.2 Å². The Bertz CT molecular complexity index is 793. The summed E-state index contributed by atoms with van der Waals surface area (Å²) in [6.45, 7) is 3.01. The van der Waals surface area contributed by atoms with Gasteiger partial charge in [-0.25, -0.2) is 4.98 Å². The van der Waals surface area contributed by atoms with E-state index in [9.17, 15) is 9.59 Å². The van der Waals surface area contributed by atoms with E-state index in [2.05, 4.69) is 15.0 Å². The van der Waals surface area contributed by atoms with Gasteiger partial charge >= 0.3 is 0 Å². The number of carbonyl (C=O) groups is 2. The molecule has 2 fully saturated rings. The van der Waals surface area contributed by atoms with E-state index in [4.69, 9.17) is 0 Å². The number of likely N-dealkylation sites (tertiary alicyclic amines) is 2. The monoisotopic (exact) mass is 337 g/mol. The van der Waals surface area contributed by atoms with Crippen LogP contribution in [0.5, 0.6) is 0 Å². The number of hydrogen-bond acceptors (Lipinski definition) is 5. The van der Waals surface area contributed by atoms with Gasteiger partial charge in [0, 0.05) is 38.1 Å². The average molecular weight is 337 g/mol. The number of amides is 2. The lowest BCUT2D eigenvalue weighted by molar-refractivity contribution is -0.129. The van der Waals surface area contributed by atoms with Crippen molar-refractivity contribution >= 4 is 11.8 Å². The van der Waals surface area contributed by atoms with E-state index in [1.165, 1.54) is 6.20 Å². The highest BCUT2D eigenvalue weighted by atomic mass is 16.2. The maximum Gasteiger partial charge on any atom is 0.274 e. The van der Waals surface area contributed by atoms with Crippen LogP contribution >= 0.6 is 0 Å². The van der Waals surface area contributed by atoms with Gasteiger partial charge in [0.25, 0.3) is 5.91 Å². The van der Waals surface area contributed by atoms with Crippen molar-refractivity contribution < 1.29 is 9.59 Å². The Labute approximate surface area is 145 Å². The molecule has 0 spiro atoms. The molecule has 0 aromatic carbocycles. The molecule has 0 unspecified atom stereocenters. The van der Waals surface area contributed by atoms with Crippen LogP contribution < -0.4 is 0 Å². The Hall–Kier alpha value is -2.83. The van der Waals surface area contributed by atoms with Crippen molar-refractivity contribution in [1.29, 1.82) is 0 Å². The molecule has 7 heteroatoms. The molecule has 0 N–H and O–H groups in total. The van der Waals surface area contributed by atoms with Crippen LogP contribution in [0.2, 0.25) is 0 Å². The first-order valence-electron chi connectivity index (χ1n) is 8.41. The molecule has 4 rings (SSSR count). The Morgan fingerprint density at radius 1 is 1.24 bits per heavy atom. The molecule has 2 aromatic heterocycles. The van der Waals surface area contributed by atoms with Gasteiger partial charge in [-0.2, -0.15) is 0 Å². The summed E-state index contributed by atoms with van der Waals surface area (Å²) < 4.78 is 0. The quantitative estimate of drug-likeness (QED) is 0.841. The fourth-order valence-electron chi connectivity index (χ4n) is 3.72. The first kappa shape index (κ1) is 15.7. The zero-order chi connectivity index (χ0) is 17.4. The van der Waals surface area contributed by atoms with Crippen molar-refractivity contribution in [3.05, 3.63) is 53.9 Å². The third-order valence-electron chi connectivity index (χ3n) is 4.95. The highest BCUT2D eigenvalue weighted by molar-refractivity contribution is 5.93. The Morgan fingerprint density at radius 3 is 2.84 bits per heavy atom. The molecule has 2 amide bonds. The second-order valence-electron chi connectivity index (χ2n) is 6.55. The minimum absolute atomic E-state index is 0.0649. The molecule has 2 aliphatic rings. The lowest BCUT2D eigenvalue weighted by Gasteiger charge is -2.25. The average Bonchev–Trinajstić information content (AvgIpc) is 3.16.